The van der Waals surface area contributed by atoms with Crippen LogP contribution in [0.5, 0.6) is 0 Å². The Morgan fingerprint density at radius 2 is 1.07 bits per heavy atom. The van der Waals surface area contributed by atoms with E-state index in [0.717, 1.165) is 64.2 Å². The molecule has 1 radical (unpaired) electrons. The van der Waals surface area contributed by atoms with E-state index in [1.165, 1.54) is 77.0 Å². The Kier molecular flexibility index (Phi) is 32.9. The van der Waals surface area contributed by atoms with Crippen LogP contribution in [-0.4, -0.2) is 42.7 Å². The summed E-state index contributed by atoms with van der Waals surface area (Å²) in [4.78, 5) is 24.0. The highest BCUT2D eigenvalue weighted by Crippen LogP contribution is 2.15. The van der Waals surface area contributed by atoms with Gasteiger partial charge in [0.1, 0.15) is 12.5 Å². The maximum absolute atomic E-state index is 12.7. The van der Waals surface area contributed by atoms with Crippen LogP contribution >= 0.6 is 0 Å². The molecular formula is C38H69O6. The number of esters is 1. The summed E-state index contributed by atoms with van der Waals surface area (Å²) in [6, 6.07) is 0. The number of hydrogen-bond donors (Lipinski definition) is 1. The molecular weight excluding hydrogens is 552 g/mol. The molecule has 1 N–H and O–H groups in total. The molecule has 0 aromatic carbocycles. The molecule has 0 aliphatic heterocycles. The van der Waals surface area contributed by atoms with Crippen LogP contribution in [0.2, 0.25) is 0 Å². The Hall–Kier alpha value is -1.66. The third-order valence-corrected chi connectivity index (χ3v) is 7.74. The topological polar surface area (TPSA) is 82.1 Å². The molecule has 0 aliphatic rings. The van der Waals surface area contributed by atoms with Crippen LogP contribution in [0.1, 0.15) is 175 Å². The fraction of sp³-hybridized carbons (Fsp3) is 0.816. The molecule has 6 heteroatoms. The fourth-order valence-electron chi connectivity index (χ4n) is 5.01. The molecule has 6 nitrogen and oxygen atoms in total. The van der Waals surface area contributed by atoms with Gasteiger partial charge in [0.15, 0.2) is 6.29 Å². The molecule has 0 saturated heterocycles. The van der Waals surface area contributed by atoms with Gasteiger partial charge in [-0.3, -0.25) is 9.59 Å². The molecule has 0 bridgehead atoms. The fourth-order valence-corrected chi connectivity index (χ4v) is 5.01. The predicted molar refractivity (Wildman–Crippen MR) is 184 cm³/mol. The van der Waals surface area contributed by atoms with E-state index in [9.17, 15) is 14.7 Å². The Morgan fingerprint density at radius 1 is 0.591 bits per heavy atom. The standard InChI is InChI=1S/C38H69O6/c1-4-7-10-13-16-17-18-19-20-21-22-23-26-29-35(34-36(39)40)44-37(41)30-31-38(42-32-27-24-14-11-8-5-2)43-33-28-25-15-12-9-6-3/h16-17,19-20,34-35,38H,4-15,18,21-33H2,1-3H3,(H,39,40)/b17-16-,20-19-. The van der Waals surface area contributed by atoms with Crippen LogP contribution in [0.3, 0.4) is 0 Å². The van der Waals surface area contributed by atoms with Gasteiger partial charge in [-0.05, 0) is 57.8 Å². The molecule has 0 fully saturated rings. The predicted octanol–water partition coefficient (Wildman–Crippen LogP) is 11.1. The van der Waals surface area contributed by atoms with Gasteiger partial charge in [0.2, 0.25) is 0 Å². The molecule has 0 rings (SSSR count). The molecule has 0 aliphatic carbocycles. The van der Waals surface area contributed by atoms with E-state index >= 15 is 0 Å². The van der Waals surface area contributed by atoms with Gasteiger partial charge in [-0.1, -0.05) is 129 Å². The first-order valence-corrected chi connectivity index (χ1v) is 18.3. The lowest BCUT2D eigenvalue weighted by Gasteiger charge is -2.20. The normalized spacial score (nSPS) is 12.5. The summed E-state index contributed by atoms with van der Waals surface area (Å²) in [6.07, 6.45) is 34.1. The van der Waals surface area contributed by atoms with Crippen molar-refractivity contribution in [2.45, 2.75) is 187 Å². The minimum atomic E-state index is -1.06. The van der Waals surface area contributed by atoms with Crippen LogP contribution < -0.4 is 0 Å². The summed E-state index contributed by atoms with van der Waals surface area (Å²) in [5.41, 5.74) is 0. The molecule has 0 saturated carbocycles. The average molecular weight is 622 g/mol. The number of rotatable bonds is 34. The summed E-state index contributed by atoms with van der Waals surface area (Å²) in [6.45, 7) is 7.92. The zero-order valence-electron chi connectivity index (χ0n) is 28.9. The number of ether oxygens (including phenoxy) is 3. The van der Waals surface area contributed by atoms with Gasteiger partial charge < -0.3 is 19.3 Å². The van der Waals surface area contributed by atoms with Gasteiger partial charge in [-0.15, -0.1) is 0 Å². The molecule has 0 spiro atoms. The SMILES string of the molecule is CCCCC/C=C\C/C=C\CCCCCC([CH]C(=O)O)OC(=O)CCC(OCCCCCCCC)OCCCCCCCC. The highest BCUT2D eigenvalue weighted by molar-refractivity contribution is 5.78. The highest BCUT2D eigenvalue weighted by Gasteiger charge is 2.20. The van der Waals surface area contributed by atoms with Crippen molar-refractivity contribution in [2.75, 3.05) is 13.2 Å². The van der Waals surface area contributed by atoms with Crippen molar-refractivity contribution in [2.24, 2.45) is 0 Å². The second-order valence-corrected chi connectivity index (χ2v) is 12.1. The number of carbonyl (C=O) groups is 2. The first-order chi connectivity index (χ1) is 21.5. The van der Waals surface area contributed by atoms with E-state index in [4.69, 9.17) is 14.2 Å². The first-order valence-electron chi connectivity index (χ1n) is 18.3. The largest absolute Gasteiger partial charge is 0.481 e. The van der Waals surface area contributed by atoms with Crippen LogP contribution in [0.4, 0.5) is 0 Å². The van der Waals surface area contributed by atoms with Crippen molar-refractivity contribution < 1.29 is 28.9 Å². The third-order valence-electron chi connectivity index (χ3n) is 7.74. The van der Waals surface area contributed by atoms with Crippen molar-refractivity contribution in [3.8, 4) is 0 Å². The zero-order chi connectivity index (χ0) is 32.4. The molecule has 0 aromatic rings. The zero-order valence-corrected chi connectivity index (χ0v) is 28.9. The Labute approximate surface area is 271 Å². The van der Waals surface area contributed by atoms with Crippen LogP contribution in [0.25, 0.3) is 0 Å². The lowest BCUT2D eigenvalue weighted by Crippen LogP contribution is -2.25. The summed E-state index contributed by atoms with van der Waals surface area (Å²) >= 11 is 0. The second-order valence-electron chi connectivity index (χ2n) is 12.1. The lowest BCUT2D eigenvalue weighted by atomic mass is 10.1. The minimum Gasteiger partial charge on any atom is -0.481 e. The molecule has 1 unspecified atom stereocenters. The number of carboxylic acid groups (broad SMARTS) is 1. The van der Waals surface area contributed by atoms with Crippen LogP contribution in [-0.2, 0) is 23.8 Å². The van der Waals surface area contributed by atoms with Gasteiger partial charge in [-0.2, -0.15) is 0 Å². The number of unbranched alkanes of at least 4 members (excludes halogenated alkanes) is 16. The molecule has 1 atom stereocenters. The van der Waals surface area contributed by atoms with Crippen molar-refractivity contribution in [3.05, 3.63) is 30.7 Å². The molecule has 0 aromatic heterocycles. The van der Waals surface area contributed by atoms with E-state index in [0.29, 0.717) is 26.1 Å². The minimum absolute atomic E-state index is 0.152. The van der Waals surface area contributed by atoms with Gasteiger partial charge in [-0.25, -0.2) is 0 Å². The number of hydrogen-bond acceptors (Lipinski definition) is 5. The molecule has 0 amide bonds. The Bertz CT molecular complexity index is 671. The van der Waals surface area contributed by atoms with E-state index in [1.807, 2.05) is 0 Å². The second kappa shape index (κ2) is 34.2. The van der Waals surface area contributed by atoms with E-state index in [1.54, 1.807) is 0 Å². The number of carbonyl (C=O) groups excluding carboxylic acids is 1. The molecule has 44 heavy (non-hydrogen) atoms. The van der Waals surface area contributed by atoms with Gasteiger partial charge in [0.25, 0.3) is 0 Å². The lowest BCUT2D eigenvalue weighted by molar-refractivity contribution is -0.162. The maximum Gasteiger partial charge on any atom is 0.311 e. The summed E-state index contributed by atoms with van der Waals surface area (Å²) in [5, 5.41) is 9.29. The average Bonchev–Trinajstić information content (AvgIpc) is 3.00. The first kappa shape index (κ1) is 42.3. The number of allylic oxidation sites excluding steroid dienone is 4. The van der Waals surface area contributed by atoms with Crippen molar-refractivity contribution in [3.63, 3.8) is 0 Å². The van der Waals surface area contributed by atoms with Crippen LogP contribution in [0.15, 0.2) is 24.3 Å². The third kappa shape index (κ3) is 31.8. The van der Waals surface area contributed by atoms with Gasteiger partial charge in [0, 0.05) is 19.6 Å². The Morgan fingerprint density at radius 3 is 1.61 bits per heavy atom. The molecule has 0 heterocycles. The Balaban J connectivity index is 4.42. The van der Waals surface area contributed by atoms with Gasteiger partial charge in [0.05, 0.1) is 6.42 Å². The van der Waals surface area contributed by atoms with E-state index in [-0.39, 0.29) is 6.42 Å². The highest BCUT2D eigenvalue weighted by atomic mass is 16.7. The monoisotopic (exact) mass is 622 g/mol. The van der Waals surface area contributed by atoms with E-state index < -0.39 is 24.3 Å². The summed E-state index contributed by atoms with van der Waals surface area (Å²) in [5.74, 6) is -1.45. The number of carboxylic acids is 1. The smallest absolute Gasteiger partial charge is 0.311 e. The maximum atomic E-state index is 12.7. The molecule has 257 valence electrons. The quantitative estimate of drug-likeness (QED) is 0.0333. The van der Waals surface area contributed by atoms with Crippen molar-refractivity contribution in [1.29, 1.82) is 0 Å². The number of aliphatic carboxylic acids is 1. The van der Waals surface area contributed by atoms with Crippen molar-refractivity contribution >= 4 is 11.9 Å². The van der Waals surface area contributed by atoms with Crippen LogP contribution in [0, 0.1) is 6.42 Å². The van der Waals surface area contributed by atoms with E-state index in [2.05, 4.69) is 45.1 Å². The van der Waals surface area contributed by atoms with Gasteiger partial charge >= 0.3 is 11.9 Å². The summed E-state index contributed by atoms with van der Waals surface area (Å²) in [7, 11) is 0. The summed E-state index contributed by atoms with van der Waals surface area (Å²) < 4.78 is 17.6. The van der Waals surface area contributed by atoms with Crippen molar-refractivity contribution in [1.82, 2.24) is 0 Å².